The van der Waals surface area contributed by atoms with Crippen molar-refractivity contribution in [1.82, 2.24) is 0 Å². The maximum atomic E-state index is 14.0. The molecule has 0 bridgehead atoms. The highest BCUT2D eigenvalue weighted by atomic mass is 32.2. The Labute approximate surface area is 199 Å². The highest BCUT2D eigenvalue weighted by Crippen LogP contribution is 2.57. The van der Waals surface area contributed by atoms with E-state index in [1.807, 2.05) is 23.5 Å². The second-order valence-corrected chi connectivity index (χ2v) is 12.5. The van der Waals surface area contributed by atoms with E-state index in [9.17, 15) is 4.79 Å². The minimum atomic E-state index is -0.414. The third-order valence-electron chi connectivity index (χ3n) is 6.71. The fourth-order valence-electron chi connectivity index (χ4n) is 5.02. The summed E-state index contributed by atoms with van der Waals surface area (Å²) < 4.78 is -0.414. The van der Waals surface area contributed by atoms with Gasteiger partial charge in [0.25, 0.3) is 0 Å². The summed E-state index contributed by atoms with van der Waals surface area (Å²) in [5.74, 6) is 2.57. The Hall–Kier alpha value is -0.670. The van der Waals surface area contributed by atoms with Crippen LogP contribution in [-0.4, -0.2) is 21.4 Å². The van der Waals surface area contributed by atoms with Crippen LogP contribution in [0.1, 0.15) is 105 Å². The van der Waals surface area contributed by atoms with E-state index in [2.05, 4.69) is 39.8 Å². The zero-order valence-electron chi connectivity index (χ0n) is 20.3. The lowest BCUT2D eigenvalue weighted by molar-refractivity contribution is -0.115. The lowest BCUT2D eigenvalue weighted by atomic mass is 9.86. The van der Waals surface area contributed by atoms with Gasteiger partial charge in [-0.05, 0) is 67.8 Å². The normalized spacial score (nSPS) is 19.7. The van der Waals surface area contributed by atoms with Gasteiger partial charge in [-0.25, -0.2) is 0 Å². The lowest BCUT2D eigenvalue weighted by Crippen LogP contribution is -2.38. The van der Waals surface area contributed by atoms with Crippen LogP contribution in [0.15, 0.2) is 45.6 Å². The van der Waals surface area contributed by atoms with Gasteiger partial charge in [-0.2, -0.15) is 0 Å². The largest absolute Gasteiger partial charge is 0.291 e. The molecule has 0 N–H and O–H groups in total. The van der Waals surface area contributed by atoms with Crippen LogP contribution in [-0.2, 0) is 4.79 Å². The van der Waals surface area contributed by atoms with Gasteiger partial charge in [-0.15, -0.1) is 23.5 Å². The van der Waals surface area contributed by atoms with Gasteiger partial charge in [-0.1, -0.05) is 88.5 Å². The number of rotatable bonds is 14. The maximum Gasteiger partial charge on any atom is 0.193 e. The van der Waals surface area contributed by atoms with Gasteiger partial charge in [-0.3, -0.25) is 4.79 Å². The maximum absolute atomic E-state index is 14.0. The Morgan fingerprint density at radius 2 is 1.26 bits per heavy atom. The van der Waals surface area contributed by atoms with E-state index >= 15 is 0 Å². The average Bonchev–Trinajstić information content (AvgIpc) is 3.33. The van der Waals surface area contributed by atoms with E-state index in [-0.39, 0.29) is 0 Å². The standard InChI is InChI=1S/C28H42OS2/c1-5-7-9-11-13-15-30-28(31-16-14-12-10-8-6-2)26-20-22(4)18-24(26)23-17-21(3)19-25(23)27(28)29/h19-20H,5-18H2,1-4H3. The van der Waals surface area contributed by atoms with E-state index in [4.69, 9.17) is 0 Å². The summed E-state index contributed by atoms with van der Waals surface area (Å²) >= 11 is 3.91. The molecule has 0 radical (unpaired) electrons. The minimum Gasteiger partial charge on any atom is -0.291 e. The molecule has 0 aliphatic heterocycles. The number of unbranched alkanes of at least 4 members (excludes halogenated alkanes) is 8. The number of hydrogen-bond acceptors (Lipinski definition) is 3. The number of carbonyl (C=O) groups excluding carboxylic acids is 1. The highest BCUT2D eigenvalue weighted by molar-refractivity contribution is 8.19. The molecule has 0 saturated carbocycles. The number of Topliss-reactive ketones (excluding diaryl/α,β-unsaturated/α-hetero) is 1. The first-order chi connectivity index (χ1) is 15.0. The highest BCUT2D eigenvalue weighted by Gasteiger charge is 2.50. The Morgan fingerprint density at radius 1 is 0.742 bits per heavy atom. The molecule has 0 aromatic heterocycles. The Morgan fingerprint density at radius 3 is 1.84 bits per heavy atom. The SMILES string of the molecule is CCCCCCCSC1(SCCCCCCC)C(=O)C2=C(CC(C)=C2)C2=C1C=C(C)C2. The van der Waals surface area contributed by atoms with Gasteiger partial charge >= 0.3 is 0 Å². The van der Waals surface area contributed by atoms with Crippen molar-refractivity contribution < 1.29 is 4.79 Å². The zero-order chi connectivity index (χ0) is 22.3. The Bertz CT molecular complexity index is 765. The van der Waals surface area contributed by atoms with Gasteiger partial charge in [0.15, 0.2) is 5.78 Å². The summed E-state index contributed by atoms with van der Waals surface area (Å²) in [5, 5.41) is 0. The molecule has 0 unspecified atom stereocenters. The van der Waals surface area contributed by atoms with Crippen LogP contribution in [0, 0.1) is 0 Å². The molecule has 3 heteroatoms. The number of ketones is 1. The number of thioether (sulfide) groups is 2. The van der Waals surface area contributed by atoms with Crippen LogP contribution in [0.25, 0.3) is 0 Å². The van der Waals surface area contributed by atoms with Gasteiger partial charge in [0.05, 0.1) is 0 Å². The second-order valence-electron chi connectivity index (χ2n) is 9.59. The van der Waals surface area contributed by atoms with Crippen LogP contribution >= 0.6 is 23.5 Å². The van der Waals surface area contributed by atoms with Crippen LogP contribution in [0.3, 0.4) is 0 Å². The van der Waals surface area contributed by atoms with E-state index in [0.29, 0.717) is 5.78 Å². The fourth-order valence-corrected chi connectivity index (χ4v) is 8.29. The van der Waals surface area contributed by atoms with E-state index in [1.54, 1.807) is 0 Å². The molecule has 31 heavy (non-hydrogen) atoms. The number of allylic oxidation sites excluding steroid dienone is 7. The smallest absolute Gasteiger partial charge is 0.193 e. The van der Waals surface area contributed by atoms with Gasteiger partial charge in [0.1, 0.15) is 4.08 Å². The quantitative estimate of drug-likeness (QED) is 0.191. The summed E-state index contributed by atoms with van der Waals surface area (Å²) in [6.07, 6.45) is 19.5. The van der Waals surface area contributed by atoms with Crippen LogP contribution in [0.2, 0.25) is 0 Å². The Balaban J connectivity index is 1.78. The van der Waals surface area contributed by atoms with Gasteiger partial charge < -0.3 is 0 Å². The topological polar surface area (TPSA) is 17.1 Å². The second kappa shape index (κ2) is 12.0. The molecule has 0 heterocycles. The molecule has 0 spiro atoms. The molecule has 3 aliphatic rings. The molecule has 172 valence electrons. The molecule has 0 aromatic rings. The van der Waals surface area contributed by atoms with E-state index in [1.165, 1.54) is 92.1 Å². The van der Waals surface area contributed by atoms with Crippen LogP contribution < -0.4 is 0 Å². The number of carbonyl (C=O) groups is 1. The molecule has 0 saturated heterocycles. The van der Waals surface area contributed by atoms with Crippen LogP contribution in [0.5, 0.6) is 0 Å². The zero-order valence-corrected chi connectivity index (χ0v) is 21.9. The molecular weight excluding hydrogens is 416 g/mol. The first kappa shape index (κ1) is 25.0. The molecule has 1 nitrogen and oxygen atoms in total. The van der Waals surface area contributed by atoms with Crippen molar-refractivity contribution in [1.29, 1.82) is 0 Å². The van der Waals surface area contributed by atoms with Crippen molar-refractivity contribution >= 4 is 29.3 Å². The first-order valence-corrected chi connectivity index (χ1v) is 14.6. The molecule has 0 fully saturated rings. The number of hydrogen-bond donors (Lipinski definition) is 0. The summed E-state index contributed by atoms with van der Waals surface area (Å²) in [7, 11) is 0. The summed E-state index contributed by atoms with van der Waals surface area (Å²) in [4.78, 5) is 14.0. The summed E-state index contributed by atoms with van der Waals surface area (Å²) in [5.41, 5.74) is 7.99. The third-order valence-corrected chi connectivity index (χ3v) is 10.0. The monoisotopic (exact) mass is 458 g/mol. The molecular formula is C28H42OS2. The summed E-state index contributed by atoms with van der Waals surface area (Å²) in [6, 6.07) is 0. The van der Waals surface area contributed by atoms with E-state index in [0.717, 1.165) is 29.9 Å². The predicted octanol–water partition coefficient (Wildman–Crippen LogP) is 8.97. The average molecular weight is 459 g/mol. The third kappa shape index (κ3) is 5.82. The van der Waals surface area contributed by atoms with Gasteiger partial charge in [0.2, 0.25) is 0 Å². The van der Waals surface area contributed by atoms with Crippen molar-refractivity contribution in [3.8, 4) is 0 Å². The Kier molecular flexibility index (Phi) is 9.65. The molecule has 0 atom stereocenters. The lowest BCUT2D eigenvalue weighted by Gasteiger charge is -2.37. The molecule has 0 aromatic carbocycles. The van der Waals surface area contributed by atoms with Crippen molar-refractivity contribution in [3.63, 3.8) is 0 Å². The van der Waals surface area contributed by atoms with E-state index < -0.39 is 4.08 Å². The van der Waals surface area contributed by atoms with Crippen molar-refractivity contribution in [2.45, 2.75) is 109 Å². The first-order valence-electron chi connectivity index (χ1n) is 12.7. The molecule has 0 amide bonds. The molecule has 3 rings (SSSR count). The summed E-state index contributed by atoms with van der Waals surface area (Å²) in [6.45, 7) is 8.97. The minimum absolute atomic E-state index is 0.390. The molecule has 3 aliphatic carbocycles. The predicted molar refractivity (Wildman–Crippen MR) is 141 cm³/mol. The fraction of sp³-hybridized carbons (Fsp3) is 0.679. The van der Waals surface area contributed by atoms with Crippen molar-refractivity contribution in [2.24, 2.45) is 0 Å². The number of fused-ring (bicyclic) bond motifs is 1. The van der Waals surface area contributed by atoms with Crippen molar-refractivity contribution in [3.05, 3.63) is 45.6 Å². The van der Waals surface area contributed by atoms with Crippen LogP contribution in [0.4, 0.5) is 0 Å². The van der Waals surface area contributed by atoms with Gasteiger partial charge in [0, 0.05) is 5.57 Å². The van der Waals surface area contributed by atoms with Crippen molar-refractivity contribution in [2.75, 3.05) is 11.5 Å².